The lowest BCUT2D eigenvalue weighted by molar-refractivity contribution is -0.141. The zero-order chi connectivity index (χ0) is 16.0. The van der Waals surface area contributed by atoms with Gasteiger partial charge in [0.25, 0.3) is 0 Å². The summed E-state index contributed by atoms with van der Waals surface area (Å²) in [5, 5.41) is 14.5. The van der Waals surface area contributed by atoms with Gasteiger partial charge in [0.05, 0.1) is 0 Å². The number of thioether (sulfide) groups is 1. The smallest absolute Gasteiger partial charge is 0.326 e. The first-order chi connectivity index (χ1) is 9.11. The van der Waals surface area contributed by atoms with Gasteiger partial charge < -0.3 is 15.7 Å². The summed E-state index contributed by atoms with van der Waals surface area (Å²) in [6, 6.07) is -1.33. The first-order valence-corrected chi connectivity index (χ1v) is 8.16. The molecule has 1 atom stereocenters. The number of amides is 2. The molecule has 0 aliphatic carbocycles. The summed E-state index contributed by atoms with van der Waals surface area (Å²) in [4.78, 5) is 23.1. The molecule has 118 valence electrons. The molecule has 0 aromatic heterocycles. The highest BCUT2D eigenvalue weighted by molar-refractivity contribution is 8.00. The van der Waals surface area contributed by atoms with Crippen molar-refractivity contribution in [2.45, 2.75) is 58.2 Å². The highest BCUT2D eigenvalue weighted by atomic mass is 32.2. The van der Waals surface area contributed by atoms with Crippen LogP contribution in [0.3, 0.4) is 0 Å². The maximum absolute atomic E-state index is 11.9. The summed E-state index contributed by atoms with van der Waals surface area (Å²) < 4.78 is 0.0117. The van der Waals surface area contributed by atoms with Crippen molar-refractivity contribution in [2.75, 3.05) is 12.8 Å². The number of carbonyl (C=O) groups excluding carboxylic acids is 1. The molecule has 0 heterocycles. The Labute approximate surface area is 126 Å². The SMILES string of the molecule is CCC(CC)(CNC(=O)N[C@@H](C(=O)O)C(C)(C)C)SC. The lowest BCUT2D eigenvalue weighted by Crippen LogP contribution is -2.54. The van der Waals surface area contributed by atoms with Crippen LogP contribution in [-0.4, -0.2) is 40.7 Å². The lowest BCUT2D eigenvalue weighted by Gasteiger charge is -2.31. The van der Waals surface area contributed by atoms with Crippen LogP contribution in [0.25, 0.3) is 0 Å². The molecule has 0 saturated heterocycles. The third kappa shape index (κ3) is 5.61. The van der Waals surface area contributed by atoms with Gasteiger partial charge in [-0.1, -0.05) is 34.6 Å². The molecule has 0 aromatic rings. The van der Waals surface area contributed by atoms with E-state index in [2.05, 4.69) is 24.5 Å². The fourth-order valence-electron chi connectivity index (χ4n) is 1.93. The van der Waals surface area contributed by atoms with E-state index in [1.54, 1.807) is 32.5 Å². The van der Waals surface area contributed by atoms with Gasteiger partial charge in [-0.15, -0.1) is 0 Å². The minimum Gasteiger partial charge on any atom is -0.480 e. The van der Waals surface area contributed by atoms with Crippen LogP contribution in [0.4, 0.5) is 4.79 Å². The molecule has 0 radical (unpaired) electrons. The van der Waals surface area contributed by atoms with Gasteiger partial charge in [-0.2, -0.15) is 11.8 Å². The second kappa shape index (κ2) is 7.76. The van der Waals surface area contributed by atoms with Crippen LogP contribution in [0.2, 0.25) is 0 Å². The molecule has 0 aliphatic heterocycles. The van der Waals surface area contributed by atoms with Crippen LogP contribution >= 0.6 is 11.8 Å². The molecule has 20 heavy (non-hydrogen) atoms. The Morgan fingerprint density at radius 3 is 2.00 bits per heavy atom. The number of aliphatic carboxylic acids is 1. The van der Waals surface area contributed by atoms with Crippen molar-refractivity contribution >= 4 is 23.8 Å². The van der Waals surface area contributed by atoms with Crippen molar-refractivity contribution < 1.29 is 14.7 Å². The minimum atomic E-state index is -1.02. The number of hydrogen-bond acceptors (Lipinski definition) is 3. The highest BCUT2D eigenvalue weighted by Crippen LogP contribution is 2.29. The minimum absolute atomic E-state index is 0.0117. The summed E-state index contributed by atoms with van der Waals surface area (Å²) in [6.07, 6.45) is 3.93. The number of nitrogens with one attached hydrogen (secondary N) is 2. The average Bonchev–Trinajstić information content (AvgIpc) is 2.36. The molecular weight excluding hydrogens is 276 g/mol. The predicted molar refractivity (Wildman–Crippen MR) is 84.2 cm³/mol. The molecule has 6 heteroatoms. The number of hydrogen-bond donors (Lipinski definition) is 3. The van der Waals surface area contributed by atoms with E-state index in [0.717, 1.165) is 12.8 Å². The van der Waals surface area contributed by atoms with Crippen molar-refractivity contribution in [3.8, 4) is 0 Å². The van der Waals surface area contributed by atoms with E-state index >= 15 is 0 Å². The second-order valence-corrected chi connectivity index (χ2v) is 7.33. The number of rotatable bonds is 7. The van der Waals surface area contributed by atoms with Gasteiger partial charge in [-0.25, -0.2) is 9.59 Å². The molecule has 0 rings (SSSR count). The van der Waals surface area contributed by atoms with Crippen molar-refractivity contribution in [3.63, 3.8) is 0 Å². The Morgan fingerprint density at radius 2 is 1.70 bits per heavy atom. The molecular formula is C14H28N2O3S. The quantitative estimate of drug-likeness (QED) is 0.676. The summed E-state index contributed by atoms with van der Waals surface area (Å²) >= 11 is 1.73. The Kier molecular flexibility index (Phi) is 7.41. The van der Waals surface area contributed by atoms with Crippen molar-refractivity contribution in [1.82, 2.24) is 10.6 Å². The van der Waals surface area contributed by atoms with Crippen molar-refractivity contribution in [2.24, 2.45) is 5.41 Å². The van der Waals surface area contributed by atoms with Crippen molar-refractivity contribution in [1.29, 1.82) is 0 Å². The van der Waals surface area contributed by atoms with Gasteiger partial charge in [0, 0.05) is 11.3 Å². The molecule has 3 N–H and O–H groups in total. The van der Waals surface area contributed by atoms with Gasteiger partial charge in [0.2, 0.25) is 0 Å². The zero-order valence-corrected chi connectivity index (χ0v) is 14.2. The van der Waals surface area contributed by atoms with Gasteiger partial charge in [0.15, 0.2) is 0 Å². The third-order valence-electron chi connectivity index (χ3n) is 3.68. The first-order valence-electron chi connectivity index (χ1n) is 6.94. The van der Waals surface area contributed by atoms with Crippen LogP contribution < -0.4 is 10.6 Å². The van der Waals surface area contributed by atoms with E-state index in [0.29, 0.717) is 6.54 Å². The maximum atomic E-state index is 11.9. The molecule has 0 saturated carbocycles. The third-order valence-corrected chi connectivity index (χ3v) is 5.27. The number of carboxylic acid groups (broad SMARTS) is 1. The zero-order valence-electron chi connectivity index (χ0n) is 13.4. The van der Waals surface area contributed by atoms with Crippen LogP contribution in [0, 0.1) is 5.41 Å². The van der Waals surface area contributed by atoms with Crippen LogP contribution in [-0.2, 0) is 4.79 Å². The summed E-state index contributed by atoms with van der Waals surface area (Å²) in [6.45, 7) is 10.1. The number of urea groups is 1. The van der Waals surface area contributed by atoms with Crippen LogP contribution in [0.15, 0.2) is 0 Å². The first kappa shape index (κ1) is 19.1. The van der Waals surface area contributed by atoms with Crippen LogP contribution in [0.5, 0.6) is 0 Å². The fourth-order valence-corrected chi connectivity index (χ4v) is 2.73. The normalized spacial score (nSPS) is 13.7. The van der Waals surface area contributed by atoms with E-state index in [4.69, 9.17) is 0 Å². The number of carbonyl (C=O) groups is 2. The maximum Gasteiger partial charge on any atom is 0.326 e. The molecule has 5 nitrogen and oxygen atoms in total. The fraction of sp³-hybridized carbons (Fsp3) is 0.857. The lowest BCUT2D eigenvalue weighted by atomic mass is 9.87. The molecule has 0 spiro atoms. The number of carboxylic acids is 1. The summed E-state index contributed by atoms with van der Waals surface area (Å²) in [7, 11) is 0. The predicted octanol–water partition coefficient (Wildman–Crippen LogP) is 2.71. The van der Waals surface area contributed by atoms with E-state index < -0.39 is 23.5 Å². The van der Waals surface area contributed by atoms with Crippen LogP contribution in [0.1, 0.15) is 47.5 Å². The van der Waals surface area contributed by atoms with E-state index in [1.807, 2.05) is 6.26 Å². The second-order valence-electron chi connectivity index (χ2n) is 6.06. The van der Waals surface area contributed by atoms with Gasteiger partial charge in [0.1, 0.15) is 6.04 Å². The standard InChI is InChI=1S/C14H28N2O3S/c1-7-14(8-2,20-6)9-15-12(19)16-10(11(17)18)13(3,4)5/h10H,7-9H2,1-6H3,(H,17,18)(H2,15,16,19)/t10-/m0/s1. The van der Waals surface area contributed by atoms with Gasteiger partial charge in [-0.3, -0.25) is 0 Å². The van der Waals surface area contributed by atoms with Gasteiger partial charge in [-0.05, 0) is 24.5 Å². The topological polar surface area (TPSA) is 78.4 Å². The monoisotopic (exact) mass is 304 g/mol. The highest BCUT2D eigenvalue weighted by Gasteiger charge is 2.33. The van der Waals surface area contributed by atoms with Gasteiger partial charge >= 0.3 is 12.0 Å². The molecule has 0 aromatic carbocycles. The molecule has 2 amide bonds. The molecule has 0 fully saturated rings. The Bertz CT molecular complexity index is 328. The van der Waals surface area contributed by atoms with E-state index in [-0.39, 0.29) is 4.75 Å². The molecule has 0 aliphatic rings. The Balaban J connectivity index is 4.60. The Hall–Kier alpha value is -0.910. The summed E-state index contributed by atoms with van der Waals surface area (Å²) in [5.41, 5.74) is -0.532. The summed E-state index contributed by atoms with van der Waals surface area (Å²) in [5.74, 6) is -1.02. The van der Waals surface area contributed by atoms with E-state index in [1.165, 1.54) is 0 Å². The molecule has 0 unspecified atom stereocenters. The Morgan fingerprint density at radius 1 is 1.20 bits per heavy atom. The van der Waals surface area contributed by atoms with Crippen molar-refractivity contribution in [3.05, 3.63) is 0 Å². The molecule has 0 bridgehead atoms. The largest absolute Gasteiger partial charge is 0.480 e. The average molecular weight is 304 g/mol. The van der Waals surface area contributed by atoms with E-state index in [9.17, 15) is 14.7 Å².